The van der Waals surface area contributed by atoms with Gasteiger partial charge in [0.1, 0.15) is 6.07 Å². The van der Waals surface area contributed by atoms with Crippen LogP contribution in [0.2, 0.25) is 5.02 Å². The summed E-state index contributed by atoms with van der Waals surface area (Å²) in [6.45, 7) is 3.75. The van der Waals surface area contributed by atoms with Crippen LogP contribution in [-0.4, -0.2) is 11.9 Å². The number of hydrogen-bond donors (Lipinski definition) is 2. The number of nitriles is 1. The third-order valence-electron chi connectivity index (χ3n) is 3.55. The molecule has 0 spiro atoms. The van der Waals surface area contributed by atoms with E-state index in [9.17, 15) is 4.79 Å². The van der Waals surface area contributed by atoms with Crippen LogP contribution in [0.1, 0.15) is 31.0 Å². The van der Waals surface area contributed by atoms with E-state index >= 15 is 0 Å². The molecule has 2 aromatic rings. The van der Waals surface area contributed by atoms with Crippen LogP contribution < -0.4 is 10.6 Å². The van der Waals surface area contributed by atoms with Crippen LogP contribution in [-0.2, 0) is 4.79 Å². The summed E-state index contributed by atoms with van der Waals surface area (Å²) in [6.07, 6.45) is 0. The fraction of sp³-hybridized carbons (Fsp3) is 0.222. The lowest BCUT2D eigenvalue weighted by molar-refractivity contribution is -0.117. The van der Waals surface area contributed by atoms with Crippen molar-refractivity contribution in [1.29, 1.82) is 5.26 Å². The maximum absolute atomic E-state index is 12.3. The summed E-state index contributed by atoms with van der Waals surface area (Å²) in [4.78, 5) is 12.3. The Bertz CT molecular complexity index is 739. The predicted octanol–water partition coefficient (Wildman–Crippen LogP) is 3.89. The van der Waals surface area contributed by atoms with E-state index in [4.69, 9.17) is 16.9 Å². The summed E-state index contributed by atoms with van der Waals surface area (Å²) < 4.78 is 0. The smallest absolute Gasteiger partial charge is 0.241 e. The number of halogens is 1. The first-order valence-corrected chi connectivity index (χ1v) is 7.70. The minimum absolute atomic E-state index is 0.0272. The standard InChI is InChI=1S/C18H18ClN3O/c1-12(14-7-5-8-16(19)10-14)21-13(2)18(23)22-17-9-4-3-6-15(17)11-20/h3-10,12-13,21H,1-2H3,(H,22,23). The predicted molar refractivity (Wildman–Crippen MR) is 92.3 cm³/mol. The first-order chi connectivity index (χ1) is 11.0. The highest BCUT2D eigenvalue weighted by Crippen LogP contribution is 2.18. The Morgan fingerprint density at radius 1 is 1.17 bits per heavy atom. The Balaban J connectivity index is 2.01. The van der Waals surface area contributed by atoms with Gasteiger partial charge in [0, 0.05) is 11.1 Å². The summed E-state index contributed by atoms with van der Waals surface area (Å²) in [5, 5.41) is 15.7. The van der Waals surface area contributed by atoms with E-state index in [2.05, 4.69) is 16.7 Å². The molecular formula is C18H18ClN3O. The average Bonchev–Trinajstić information content (AvgIpc) is 2.55. The van der Waals surface area contributed by atoms with Crippen LogP contribution in [0.25, 0.3) is 0 Å². The first-order valence-electron chi connectivity index (χ1n) is 7.32. The van der Waals surface area contributed by atoms with Crippen molar-refractivity contribution in [2.45, 2.75) is 25.9 Å². The van der Waals surface area contributed by atoms with Crippen LogP contribution in [0.15, 0.2) is 48.5 Å². The van der Waals surface area contributed by atoms with Crippen molar-refractivity contribution in [1.82, 2.24) is 5.32 Å². The lowest BCUT2D eigenvalue weighted by Crippen LogP contribution is -2.39. The lowest BCUT2D eigenvalue weighted by Gasteiger charge is -2.20. The molecule has 0 heterocycles. The number of nitrogens with one attached hydrogen (secondary N) is 2. The molecule has 0 saturated carbocycles. The Hall–Kier alpha value is -2.35. The topological polar surface area (TPSA) is 64.9 Å². The van der Waals surface area contributed by atoms with Crippen molar-refractivity contribution in [3.05, 3.63) is 64.7 Å². The second-order valence-corrected chi connectivity index (χ2v) is 5.75. The molecule has 2 N–H and O–H groups in total. The normalized spacial score (nSPS) is 13.0. The molecule has 0 fully saturated rings. The fourth-order valence-electron chi connectivity index (χ4n) is 2.25. The minimum atomic E-state index is -0.421. The molecule has 23 heavy (non-hydrogen) atoms. The molecular weight excluding hydrogens is 310 g/mol. The van der Waals surface area contributed by atoms with Crippen LogP contribution in [0.3, 0.4) is 0 Å². The largest absolute Gasteiger partial charge is 0.324 e. The van der Waals surface area contributed by atoms with Crippen molar-refractivity contribution < 1.29 is 4.79 Å². The molecule has 0 aliphatic heterocycles. The summed E-state index contributed by atoms with van der Waals surface area (Å²) in [5.74, 6) is -0.193. The van der Waals surface area contributed by atoms with Gasteiger partial charge in [-0.1, -0.05) is 35.9 Å². The number of carbonyl (C=O) groups excluding carboxylic acids is 1. The Morgan fingerprint density at radius 3 is 2.61 bits per heavy atom. The van der Waals surface area contributed by atoms with Crippen molar-refractivity contribution >= 4 is 23.2 Å². The van der Waals surface area contributed by atoms with Crippen molar-refractivity contribution in [3.8, 4) is 6.07 Å². The van der Waals surface area contributed by atoms with Gasteiger partial charge in [-0.05, 0) is 43.7 Å². The monoisotopic (exact) mass is 327 g/mol. The highest BCUT2D eigenvalue weighted by Gasteiger charge is 2.17. The quantitative estimate of drug-likeness (QED) is 0.875. The van der Waals surface area contributed by atoms with Crippen LogP contribution in [0, 0.1) is 11.3 Å². The van der Waals surface area contributed by atoms with Gasteiger partial charge < -0.3 is 5.32 Å². The number of rotatable bonds is 5. The summed E-state index contributed by atoms with van der Waals surface area (Å²) in [7, 11) is 0. The molecule has 0 saturated heterocycles. The van der Waals surface area contributed by atoms with E-state index in [-0.39, 0.29) is 11.9 Å². The van der Waals surface area contributed by atoms with E-state index in [1.54, 1.807) is 31.2 Å². The van der Waals surface area contributed by atoms with E-state index in [0.29, 0.717) is 16.3 Å². The van der Waals surface area contributed by atoms with Gasteiger partial charge in [0.25, 0.3) is 0 Å². The Morgan fingerprint density at radius 2 is 1.91 bits per heavy atom. The average molecular weight is 328 g/mol. The minimum Gasteiger partial charge on any atom is -0.324 e. The number of carbonyl (C=O) groups is 1. The van der Waals surface area contributed by atoms with Crippen molar-refractivity contribution in [2.24, 2.45) is 0 Å². The first kappa shape index (κ1) is 17.0. The second kappa shape index (κ2) is 7.77. The third kappa shape index (κ3) is 4.56. The van der Waals surface area contributed by atoms with Crippen LogP contribution in [0.4, 0.5) is 5.69 Å². The molecule has 0 aliphatic carbocycles. The van der Waals surface area contributed by atoms with Gasteiger partial charge in [-0.2, -0.15) is 5.26 Å². The number of nitrogens with zero attached hydrogens (tertiary/aromatic N) is 1. The van der Waals surface area contributed by atoms with Crippen LogP contribution >= 0.6 is 11.6 Å². The van der Waals surface area contributed by atoms with Crippen molar-refractivity contribution in [2.75, 3.05) is 5.32 Å². The van der Waals surface area contributed by atoms with E-state index in [0.717, 1.165) is 5.56 Å². The zero-order valence-corrected chi connectivity index (χ0v) is 13.8. The van der Waals surface area contributed by atoms with Gasteiger partial charge in [-0.3, -0.25) is 10.1 Å². The molecule has 1 amide bonds. The molecule has 0 radical (unpaired) electrons. The van der Waals surface area contributed by atoms with Gasteiger partial charge in [0.15, 0.2) is 0 Å². The summed E-state index contributed by atoms with van der Waals surface area (Å²) in [5.41, 5.74) is 1.97. The van der Waals surface area contributed by atoms with Gasteiger partial charge >= 0.3 is 0 Å². The molecule has 4 nitrogen and oxygen atoms in total. The Labute approximate surface area is 141 Å². The van der Waals surface area contributed by atoms with E-state index in [1.807, 2.05) is 31.2 Å². The Kier molecular flexibility index (Phi) is 5.75. The summed E-state index contributed by atoms with van der Waals surface area (Å²) in [6, 6.07) is 16.1. The molecule has 5 heteroatoms. The van der Waals surface area contributed by atoms with Gasteiger partial charge in [-0.25, -0.2) is 0 Å². The number of benzene rings is 2. The van der Waals surface area contributed by atoms with Crippen LogP contribution in [0.5, 0.6) is 0 Å². The SMILES string of the molecule is CC(NC(C)c1cccc(Cl)c1)C(=O)Nc1ccccc1C#N. The molecule has 0 aromatic heterocycles. The number of anilines is 1. The zero-order chi connectivity index (χ0) is 16.8. The number of para-hydroxylation sites is 1. The molecule has 0 aliphatic rings. The molecule has 2 atom stereocenters. The third-order valence-corrected chi connectivity index (χ3v) is 3.78. The highest BCUT2D eigenvalue weighted by atomic mass is 35.5. The number of amides is 1. The number of hydrogen-bond acceptors (Lipinski definition) is 3. The molecule has 2 rings (SSSR count). The summed E-state index contributed by atoms with van der Waals surface area (Å²) >= 11 is 5.99. The van der Waals surface area contributed by atoms with E-state index in [1.165, 1.54) is 0 Å². The van der Waals surface area contributed by atoms with E-state index < -0.39 is 6.04 Å². The maximum atomic E-state index is 12.3. The molecule has 0 bridgehead atoms. The van der Waals surface area contributed by atoms with Crippen molar-refractivity contribution in [3.63, 3.8) is 0 Å². The zero-order valence-electron chi connectivity index (χ0n) is 13.0. The second-order valence-electron chi connectivity index (χ2n) is 5.31. The van der Waals surface area contributed by atoms with Gasteiger partial charge in [-0.15, -0.1) is 0 Å². The van der Waals surface area contributed by atoms with Gasteiger partial charge in [0.05, 0.1) is 17.3 Å². The molecule has 118 valence electrons. The molecule has 2 aromatic carbocycles. The highest BCUT2D eigenvalue weighted by molar-refractivity contribution is 6.30. The molecule has 2 unspecified atom stereocenters. The maximum Gasteiger partial charge on any atom is 0.241 e. The fourth-order valence-corrected chi connectivity index (χ4v) is 2.45. The lowest BCUT2D eigenvalue weighted by atomic mass is 10.1. The van der Waals surface area contributed by atoms with Gasteiger partial charge in [0.2, 0.25) is 5.91 Å².